The van der Waals surface area contributed by atoms with Crippen molar-refractivity contribution in [2.75, 3.05) is 13.7 Å². The molecule has 1 saturated heterocycles. The van der Waals surface area contributed by atoms with Gasteiger partial charge in [0.2, 0.25) is 11.8 Å². The average molecular weight is 501 g/mol. The minimum atomic E-state index is -0.929. The predicted molar refractivity (Wildman–Crippen MR) is 125 cm³/mol. The Balaban J connectivity index is 1.39. The summed E-state index contributed by atoms with van der Waals surface area (Å²) in [5.74, 6) is -1.06. The lowest BCUT2D eigenvalue weighted by Crippen LogP contribution is -2.42. The van der Waals surface area contributed by atoms with Gasteiger partial charge in [-0.15, -0.1) is 11.8 Å². The average Bonchev–Trinajstić information content (AvgIpc) is 3.54. The molecule has 2 aliphatic heterocycles. The molecule has 1 aromatic heterocycles. The summed E-state index contributed by atoms with van der Waals surface area (Å²) in [6, 6.07) is 7.84. The van der Waals surface area contributed by atoms with Gasteiger partial charge in [-0.05, 0) is 36.7 Å². The molecule has 0 unspecified atom stereocenters. The summed E-state index contributed by atoms with van der Waals surface area (Å²) in [5, 5.41) is 9.94. The van der Waals surface area contributed by atoms with Crippen molar-refractivity contribution in [3.8, 4) is 5.75 Å². The fourth-order valence-corrected chi connectivity index (χ4v) is 9.84. The number of hydrogen-bond donors (Lipinski definition) is 2. The van der Waals surface area contributed by atoms with Crippen molar-refractivity contribution in [1.82, 2.24) is 9.88 Å². The van der Waals surface area contributed by atoms with E-state index in [-0.39, 0.29) is 76.8 Å². The molecule has 6 rings (SSSR count). The number of carbonyl (C=O) groups is 3. The molecule has 2 N–H and O–H groups in total. The number of thioether (sulfide) groups is 1. The molecule has 2 amide bonds. The van der Waals surface area contributed by atoms with Crippen molar-refractivity contribution < 1.29 is 24.2 Å². The normalized spacial score (nSPS) is 33.1. The molecule has 7 atom stereocenters. The molecule has 10 heteroatoms. The molecule has 2 aromatic rings. The Labute approximate surface area is 203 Å². The van der Waals surface area contributed by atoms with Crippen molar-refractivity contribution in [2.24, 2.45) is 29.6 Å². The van der Waals surface area contributed by atoms with Gasteiger partial charge in [-0.2, -0.15) is 0 Å². The Morgan fingerprint density at radius 1 is 1.18 bits per heavy atom. The maximum absolute atomic E-state index is 13.4. The fraction of sp³-hybridized carbons (Fsp3) is 0.500. The van der Waals surface area contributed by atoms with Crippen LogP contribution < -0.4 is 9.61 Å². The van der Waals surface area contributed by atoms with Gasteiger partial charge < -0.3 is 14.8 Å². The number of rotatable bonds is 6. The van der Waals surface area contributed by atoms with Crippen LogP contribution in [0.4, 0.5) is 0 Å². The second kappa shape index (κ2) is 7.98. The van der Waals surface area contributed by atoms with Crippen LogP contribution in [0.15, 0.2) is 34.1 Å². The number of para-hydroxylation sites is 1. The number of thiazole rings is 1. The predicted octanol–water partition coefficient (Wildman–Crippen LogP) is 2.78. The van der Waals surface area contributed by atoms with Gasteiger partial charge in [0.15, 0.2) is 0 Å². The lowest BCUT2D eigenvalue weighted by molar-refractivity contribution is -0.142. The summed E-state index contributed by atoms with van der Waals surface area (Å²) in [7, 11) is 1.64. The van der Waals surface area contributed by atoms with Crippen LogP contribution in [0.1, 0.15) is 35.6 Å². The number of H-pyrrole nitrogens is 1. The van der Waals surface area contributed by atoms with Gasteiger partial charge in [-0.1, -0.05) is 29.5 Å². The topological polar surface area (TPSA) is 117 Å². The van der Waals surface area contributed by atoms with E-state index in [9.17, 15) is 19.2 Å². The molecular weight excluding hydrogens is 476 g/mol. The summed E-state index contributed by atoms with van der Waals surface area (Å²) in [6.45, 7) is 0.162. The Kier molecular flexibility index (Phi) is 5.14. The third kappa shape index (κ3) is 3.04. The van der Waals surface area contributed by atoms with Crippen LogP contribution in [0, 0.1) is 29.6 Å². The maximum Gasteiger partial charge on any atom is 0.305 e. The van der Waals surface area contributed by atoms with E-state index in [0.29, 0.717) is 0 Å². The molecule has 4 aliphatic rings. The second-order valence-corrected chi connectivity index (χ2v) is 11.7. The molecule has 2 bridgehead atoms. The van der Waals surface area contributed by atoms with E-state index in [4.69, 9.17) is 9.84 Å². The molecule has 3 heterocycles. The van der Waals surface area contributed by atoms with Crippen molar-refractivity contribution in [3.05, 3.63) is 44.4 Å². The van der Waals surface area contributed by atoms with Crippen molar-refractivity contribution >= 4 is 40.9 Å². The number of nitrogens with zero attached hydrogens (tertiary/aromatic N) is 1. The van der Waals surface area contributed by atoms with E-state index >= 15 is 0 Å². The molecule has 8 nitrogen and oxygen atoms in total. The van der Waals surface area contributed by atoms with E-state index in [1.807, 2.05) is 24.3 Å². The number of hydrogen-bond acceptors (Lipinski definition) is 7. The van der Waals surface area contributed by atoms with E-state index in [1.54, 1.807) is 18.9 Å². The van der Waals surface area contributed by atoms with Crippen molar-refractivity contribution in [1.29, 1.82) is 0 Å². The van der Waals surface area contributed by atoms with E-state index in [1.165, 1.54) is 16.2 Å². The zero-order valence-corrected chi connectivity index (χ0v) is 20.1. The molecule has 0 radical (unpaired) electrons. The number of ether oxygens (including phenoxy) is 1. The number of imide groups is 1. The summed E-state index contributed by atoms with van der Waals surface area (Å²) in [4.78, 5) is 55.2. The van der Waals surface area contributed by atoms with Crippen LogP contribution in [0.25, 0.3) is 0 Å². The van der Waals surface area contributed by atoms with Gasteiger partial charge in [0, 0.05) is 34.6 Å². The molecule has 34 heavy (non-hydrogen) atoms. The lowest BCUT2D eigenvalue weighted by atomic mass is 9.68. The molecule has 3 fully saturated rings. The number of carbonyl (C=O) groups excluding carboxylic acids is 2. The summed E-state index contributed by atoms with van der Waals surface area (Å²) in [5.41, 5.74) is 1.01. The zero-order chi connectivity index (χ0) is 23.7. The number of methoxy groups -OCH3 is 1. The number of carboxylic acids is 1. The van der Waals surface area contributed by atoms with Crippen LogP contribution in [-0.2, 0) is 14.4 Å². The molecule has 0 spiro atoms. The minimum absolute atomic E-state index is 0.0358. The first-order chi connectivity index (χ1) is 16.4. The number of benzene rings is 1. The van der Waals surface area contributed by atoms with Crippen LogP contribution in [-0.4, -0.2) is 51.7 Å². The largest absolute Gasteiger partial charge is 0.496 e. The number of aromatic amines is 1. The third-order valence-corrected chi connectivity index (χ3v) is 10.6. The Hall–Kier alpha value is -2.59. The molecule has 2 saturated carbocycles. The molecule has 178 valence electrons. The highest BCUT2D eigenvalue weighted by molar-refractivity contribution is 8.00. The third-order valence-electron chi connectivity index (χ3n) is 8.06. The molecule has 2 aliphatic carbocycles. The number of aliphatic carboxylic acids is 1. The highest BCUT2D eigenvalue weighted by Crippen LogP contribution is 2.68. The monoisotopic (exact) mass is 500 g/mol. The van der Waals surface area contributed by atoms with Gasteiger partial charge in [0.05, 0.1) is 24.0 Å². The number of carboxylic acid groups (broad SMARTS) is 1. The first-order valence-corrected chi connectivity index (χ1v) is 13.2. The van der Waals surface area contributed by atoms with Crippen molar-refractivity contribution in [3.63, 3.8) is 0 Å². The summed E-state index contributed by atoms with van der Waals surface area (Å²) in [6.07, 6.45) is 1.03. The van der Waals surface area contributed by atoms with Gasteiger partial charge in [0.1, 0.15) is 5.75 Å². The van der Waals surface area contributed by atoms with Crippen molar-refractivity contribution in [2.45, 2.75) is 35.5 Å². The highest BCUT2D eigenvalue weighted by atomic mass is 32.2. The van der Waals surface area contributed by atoms with E-state index in [2.05, 4.69) is 4.98 Å². The Morgan fingerprint density at radius 2 is 1.91 bits per heavy atom. The molecule has 1 aromatic carbocycles. The van der Waals surface area contributed by atoms with Crippen LogP contribution in [0.3, 0.4) is 0 Å². The smallest absolute Gasteiger partial charge is 0.305 e. The number of amides is 2. The maximum atomic E-state index is 13.4. The van der Waals surface area contributed by atoms with Crippen LogP contribution in [0.5, 0.6) is 5.75 Å². The SMILES string of the molecule is COc1ccccc1[C@@H]1c2sc(=O)[nH]c2S[C@@H]2[C@H]3C[C@@H]([C@@H]4C(=O)N(CCCC(=O)O)C(=O)[C@@H]34)[C@@H]12. The van der Waals surface area contributed by atoms with E-state index in [0.717, 1.165) is 27.6 Å². The Bertz CT molecular complexity index is 1250. The standard InChI is InChI=1S/C24H24N2O6S2/c1-32-13-6-3-2-5-10(13)15-16-11-9-12(19(16)33-21-20(15)34-24(31)25-21)18-17(11)22(29)26(23(18)30)8-4-7-14(27)28/h2-3,5-6,11-12,15-19H,4,7-9H2,1H3,(H,25,31)(H,27,28)/t11-,12+,15+,16+,17+,18+,19-/m1/s1. The lowest BCUT2D eigenvalue weighted by Gasteiger charge is -2.43. The van der Waals surface area contributed by atoms with Crippen LogP contribution >= 0.6 is 23.1 Å². The van der Waals surface area contributed by atoms with Crippen LogP contribution in [0.2, 0.25) is 0 Å². The first-order valence-electron chi connectivity index (χ1n) is 11.5. The van der Waals surface area contributed by atoms with Gasteiger partial charge in [0.25, 0.3) is 0 Å². The molecular formula is C24H24N2O6S2. The summed E-state index contributed by atoms with van der Waals surface area (Å²) >= 11 is 2.88. The number of fused-ring (bicyclic) bond motifs is 9. The highest BCUT2D eigenvalue weighted by Gasteiger charge is 2.69. The summed E-state index contributed by atoms with van der Waals surface area (Å²) < 4.78 is 5.69. The minimum Gasteiger partial charge on any atom is -0.496 e. The van der Waals surface area contributed by atoms with Gasteiger partial charge in [-0.25, -0.2) is 0 Å². The van der Waals surface area contributed by atoms with Gasteiger partial charge >= 0.3 is 10.8 Å². The second-order valence-electron chi connectivity index (χ2n) is 9.53. The fourth-order valence-electron chi connectivity index (χ4n) is 6.96. The first kappa shape index (κ1) is 21.9. The van der Waals surface area contributed by atoms with Gasteiger partial charge in [-0.3, -0.25) is 24.1 Å². The zero-order valence-electron chi connectivity index (χ0n) is 18.4. The quantitative estimate of drug-likeness (QED) is 0.586. The number of likely N-dealkylation sites (tertiary alicyclic amines) is 1. The number of nitrogens with one attached hydrogen (secondary N) is 1. The Morgan fingerprint density at radius 3 is 2.65 bits per heavy atom. The number of aromatic nitrogens is 1. The van der Waals surface area contributed by atoms with E-state index < -0.39 is 5.97 Å².